The maximum atomic E-state index is 11.0. The molecule has 0 amide bonds. The third-order valence-corrected chi connectivity index (χ3v) is 2.71. The molecule has 1 aromatic carbocycles. The van der Waals surface area contributed by atoms with Crippen molar-refractivity contribution in [1.29, 1.82) is 0 Å². The van der Waals surface area contributed by atoms with E-state index in [1.54, 1.807) is 12.1 Å². The standard InChI is InChI=1S/C12H15NO2/c1-12(2)7-13(8-12)10-6-4-3-5-9(10)11(14)15/h3-6H,7-8H2,1-2H3,(H,14,15). The Kier molecular flexibility index (Phi) is 2.18. The van der Waals surface area contributed by atoms with Gasteiger partial charge in [0.05, 0.1) is 11.3 Å². The van der Waals surface area contributed by atoms with Gasteiger partial charge in [-0.1, -0.05) is 26.0 Å². The SMILES string of the molecule is CC1(C)CN(c2ccccc2C(=O)O)C1. The number of nitrogens with zero attached hydrogens (tertiary/aromatic N) is 1. The molecule has 1 fully saturated rings. The van der Waals surface area contributed by atoms with Gasteiger partial charge in [0.25, 0.3) is 0 Å². The van der Waals surface area contributed by atoms with Crippen molar-refractivity contribution in [3.05, 3.63) is 29.8 Å². The van der Waals surface area contributed by atoms with Crippen molar-refractivity contribution >= 4 is 11.7 Å². The first-order chi connectivity index (χ1) is 6.99. The average Bonchev–Trinajstić information content (AvgIpc) is 2.14. The van der Waals surface area contributed by atoms with Gasteiger partial charge in [-0.3, -0.25) is 0 Å². The largest absolute Gasteiger partial charge is 0.478 e. The molecular weight excluding hydrogens is 190 g/mol. The molecule has 1 aliphatic heterocycles. The number of carboxylic acids is 1. The molecule has 1 heterocycles. The number of carbonyl (C=O) groups is 1. The molecule has 0 radical (unpaired) electrons. The second-order valence-corrected chi connectivity index (χ2v) is 4.84. The first kappa shape index (κ1) is 10.0. The highest BCUT2D eigenvalue weighted by atomic mass is 16.4. The third-order valence-electron chi connectivity index (χ3n) is 2.71. The van der Waals surface area contributed by atoms with Crippen LogP contribution in [0.1, 0.15) is 24.2 Å². The molecule has 1 aliphatic rings. The second kappa shape index (κ2) is 3.26. The number of hydrogen-bond donors (Lipinski definition) is 1. The maximum Gasteiger partial charge on any atom is 0.337 e. The number of hydrogen-bond acceptors (Lipinski definition) is 2. The summed E-state index contributed by atoms with van der Waals surface area (Å²) < 4.78 is 0. The van der Waals surface area contributed by atoms with Gasteiger partial charge in [0.15, 0.2) is 0 Å². The molecule has 0 saturated carbocycles. The highest BCUT2D eigenvalue weighted by molar-refractivity contribution is 5.94. The van der Waals surface area contributed by atoms with Crippen LogP contribution in [0.15, 0.2) is 24.3 Å². The van der Waals surface area contributed by atoms with Gasteiger partial charge in [-0.25, -0.2) is 4.79 Å². The quantitative estimate of drug-likeness (QED) is 0.804. The predicted octanol–water partition coefficient (Wildman–Crippen LogP) is 2.23. The minimum absolute atomic E-state index is 0.311. The Bertz CT molecular complexity index is 390. The zero-order chi connectivity index (χ0) is 11.1. The smallest absolute Gasteiger partial charge is 0.337 e. The van der Waals surface area contributed by atoms with Crippen LogP contribution >= 0.6 is 0 Å². The van der Waals surface area contributed by atoms with Gasteiger partial charge in [-0.05, 0) is 17.5 Å². The number of anilines is 1. The Hall–Kier alpha value is -1.51. The normalized spacial score (nSPS) is 18.4. The van der Waals surface area contributed by atoms with Crippen LogP contribution < -0.4 is 4.90 Å². The lowest BCUT2D eigenvalue weighted by Crippen LogP contribution is -2.53. The highest BCUT2D eigenvalue weighted by Crippen LogP contribution is 2.34. The van der Waals surface area contributed by atoms with Gasteiger partial charge in [0.2, 0.25) is 0 Å². The maximum absolute atomic E-state index is 11.0. The predicted molar refractivity (Wildman–Crippen MR) is 59.4 cm³/mol. The highest BCUT2D eigenvalue weighted by Gasteiger charge is 2.35. The summed E-state index contributed by atoms with van der Waals surface area (Å²) in [7, 11) is 0. The second-order valence-electron chi connectivity index (χ2n) is 4.84. The fourth-order valence-electron chi connectivity index (χ4n) is 2.09. The van der Waals surface area contributed by atoms with Crippen LogP contribution in [0, 0.1) is 5.41 Å². The molecular formula is C12H15NO2. The van der Waals surface area contributed by atoms with Crippen molar-refractivity contribution in [3.8, 4) is 0 Å². The fraction of sp³-hybridized carbons (Fsp3) is 0.417. The van der Waals surface area contributed by atoms with Crippen LogP contribution in [0.5, 0.6) is 0 Å². The van der Waals surface area contributed by atoms with Crippen molar-refractivity contribution in [3.63, 3.8) is 0 Å². The third kappa shape index (κ3) is 1.82. The van der Waals surface area contributed by atoms with Crippen molar-refractivity contribution in [2.75, 3.05) is 18.0 Å². The Labute approximate surface area is 89.3 Å². The lowest BCUT2D eigenvalue weighted by molar-refractivity contribution is 0.0696. The molecule has 0 aromatic heterocycles. The molecule has 0 atom stereocenters. The van der Waals surface area contributed by atoms with Gasteiger partial charge >= 0.3 is 5.97 Å². The van der Waals surface area contributed by atoms with E-state index in [-0.39, 0.29) is 0 Å². The topological polar surface area (TPSA) is 40.5 Å². The number of benzene rings is 1. The Morgan fingerprint density at radius 2 is 1.93 bits per heavy atom. The summed E-state index contributed by atoms with van der Waals surface area (Å²) >= 11 is 0. The lowest BCUT2D eigenvalue weighted by atomic mass is 9.83. The zero-order valence-electron chi connectivity index (χ0n) is 9.03. The van der Waals surface area contributed by atoms with Gasteiger partial charge in [0.1, 0.15) is 0 Å². The van der Waals surface area contributed by atoms with E-state index in [0.717, 1.165) is 18.8 Å². The fourth-order valence-corrected chi connectivity index (χ4v) is 2.09. The van der Waals surface area contributed by atoms with Crippen LogP contribution in [0.4, 0.5) is 5.69 Å². The Balaban J connectivity index is 2.26. The van der Waals surface area contributed by atoms with E-state index in [1.807, 2.05) is 12.1 Å². The molecule has 3 heteroatoms. The molecule has 2 rings (SSSR count). The summed E-state index contributed by atoms with van der Waals surface area (Å²) in [4.78, 5) is 13.1. The molecule has 0 unspecified atom stereocenters. The molecule has 1 aromatic rings. The zero-order valence-corrected chi connectivity index (χ0v) is 9.03. The monoisotopic (exact) mass is 205 g/mol. The summed E-state index contributed by atoms with van der Waals surface area (Å²) in [5.41, 5.74) is 1.54. The molecule has 0 spiro atoms. The van der Waals surface area contributed by atoms with E-state index in [0.29, 0.717) is 11.0 Å². The summed E-state index contributed by atoms with van der Waals surface area (Å²) in [6, 6.07) is 7.17. The van der Waals surface area contributed by atoms with Crippen molar-refractivity contribution < 1.29 is 9.90 Å². The summed E-state index contributed by atoms with van der Waals surface area (Å²) in [6.45, 7) is 6.23. The number of para-hydroxylation sites is 1. The van der Waals surface area contributed by atoms with Gasteiger partial charge in [-0.2, -0.15) is 0 Å². The Morgan fingerprint density at radius 1 is 1.33 bits per heavy atom. The van der Waals surface area contributed by atoms with Crippen LogP contribution in [0.3, 0.4) is 0 Å². The minimum Gasteiger partial charge on any atom is -0.478 e. The van der Waals surface area contributed by atoms with E-state index < -0.39 is 5.97 Å². The lowest BCUT2D eigenvalue weighted by Gasteiger charge is -2.47. The molecule has 80 valence electrons. The van der Waals surface area contributed by atoms with Crippen LogP contribution in [-0.2, 0) is 0 Å². The van der Waals surface area contributed by atoms with Gasteiger partial charge < -0.3 is 10.0 Å². The molecule has 3 nitrogen and oxygen atoms in total. The minimum atomic E-state index is -0.852. The molecule has 0 bridgehead atoms. The van der Waals surface area contributed by atoms with Crippen molar-refractivity contribution in [1.82, 2.24) is 0 Å². The molecule has 15 heavy (non-hydrogen) atoms. The first-order valence-corrected chi connectivity index (χ1v) is 5.07. The van der Waals surface area contributed by atoms with Crippen LogP contribution in [-0.4, -0.2) is 24.2 Å². The molecule has 0 aliphatic carbocycles. The van der Waals surface area contributed by atoms with Crippen molar-refractivity contribution in [2.24, 2.45) is 5.41 Å². The number of carboxylic acid groups (broad SMARTS) is 1. The van der Waals surface area contributed by atoms with Crippen LogP contribution in [0.2, 0.25) is 0 Å². The first-order valence-electron chi connectivity index (χ1n) is 5.07. The van der Waals surface area contributed by atoms with Crippen LogP contribution in [0.25, 0.3) is 0 Å². The van der Waals surface area contributed by atoms with Gasteiger partial charge in [0, 0.05) is 13.1 Å². The summed E-state index contributed by atoms with van der Waals surface area (Å²) in [6.07, 6.45) is 0. The summed E-state index contributed by atoms with van der Waals surface area (Å²) in [5, 5.41) is 9.04. The van der Waals surface area contributed by atoms with E-state index in [2.05, 4.69) is 18.7 Å². The van der Waals surface area contributed by atoms with Crippen molar-refractivity contribution in [2.45, 2.75) is 13.8 Å². The van der Waals surface area contributed by atoms with E-state index >= 15 is 0 Å². The molecule has 1 N–H and O–H groups in total. The average molecular weight is 205 g/mol. The Morgan fingerprint density at radius 3 is 2.47 bits per heavy atom. The van der Waals surface area contributed by atoms with Gasteiger partial charge in [-0.15, -0.1) is 0 Å². The number of rotatable bonds is 2. The van der Waals surface area contributed by atoms with E-state index in [9.17, 15) is 4.79 Å². The van der Waals surface area contributed by atoms with E-state index in [4.69, 9.17) is 5.11 Å². The number of aromatic carboxylic acids is 1. The summed E-state index contributed by atoms with van der Waals surface area (Å²) in [5.74, 6) is -0.852. The molecule has 1 saturated heterocycles. The van der Waals surface area contributed by atoms with E-state index in [1.165, 1.54) is 0 Å².